The fourth-order valence-electron chi connectivity index (χ4n) is 2.72. The van der Waals surface area contributed by atoms with E-state index in [1.165, 1.54) is 83.5 Å². The molecule has 1 saturated carbocycles. The molecule has 0 aromatic rings. The molecule has 0 aromatic heterocycles. The summed E-state index contributed by atoms with van der Waals surface area (Å²) < 4.78 is 0. The fraction of sp³-hybridized carbons (Fsp3) is 1.00. The van der Waals surface area contributed by atoms with Gasteiger partial charge in [-0.05, 0) is 5.92 Å². The zero-order chi connectivity index (χ0) is 10.8. The monoisotopic (exact) mass is 210 g/mol. The third kappa shape index (κ3) is 7.88. The van der Waals surface area contributed by atoms with Gasteiger partial charge in [0, 0.05) is 0 Å². The van der Waals surface area contributed by atoms with Crippen LogP contribution in [-0.4, -0.2) is 0 Å². The smallest absolute Gasteiger partial charge is 0.0443 e. The van der Waals surface area contributed by atoms with E-state index in [1.54, 1.807) is 0 Å². The van der Waals surface area contributed by atoms with Crippen molar-refractivity contribution in [3.8, 4) is 0 Å². The van der Waals surface area contributed by atoms with Gasteiger partial charge in [0.25, 0.3) is 0 Å². The maximum Gasteiger partial charge on any atom is -0.0443 e. The second kappa shape index (κ2) is 9.24. The van der Waals surface area contributed by atoms with Crippen molar-refractivity contribution >= 4 is 0 Å². The van der Waals surface area contributed by atoms with E-state index in [1.807, 2.05) is 0 Å². The number of hydrogen-bond donors (Lipinski definition) is 0. The Labute approximate surface area is 96.8 Å². The molecule has 0 unspecified atom stereocenters. The minimum absolute atomic E-state index is 0.993. The normalized spacial score (nSPS) is 24.6. The molecule has 0 bridgehead atoms. The first-order valence-corrected chi connectivity index (χ1v) is 7.39. The van der Waals surface area contributed by atoms with Crippen LogP contribution in [0.15, 0.2) is 0 Å². The number of rotatable bonds is 0. The van der Waals surface area contributed by atoms with Crippen LogP contribution in [0.4, 0.5) is 0 Å². The standard InChI is InChI=1S/C15H30/c1-15-13-11-9-7-5-3-2-4-6-8-10-12-14-15/h15H,2-14H2,1H3. The zero-order valence-corrected chi connectivity index (χ0v) is 10.8. The first-order valence-electron chi connectivity index (χ1n) is 7.39. The Bertz CT molecular complexity index is 114. The first-order chi connectivity index (χ1) is 7.39. The van der Waals surface area contributed by atoms with E-state index in [9.17, 15) is 0 Å². The summed E-state index contributed by atoms with van der Waals surface area (Å²) >= 11 is 0. The van der Waals surface area contributed by atoms with Gasteiger partial charge in [-0.25, -0.2) is 0 Å². The predicted octanol–water partition coefficient (Wildman–Crippen LogP) is 5.71. The van der Waals surface area contributed by atoms with Crippen molar-refractivity contribution in [3.63, 3.8) is 0 Å². The van der Waals surface area contributed by atoms with Crippen LogP contribution in [0.25, 0.3) is 0 Å². The molecule has 0 aromatic carbocycles. The zero-order valence-electron chi connectivity index (χ0n) is 10.8. The molecular formula is C15H30. The molecule has 0 amide bonds. The lowest BCUT2D eigenvalue weighted by molar-refractivity contribution is 0.424. The van der Waals surface area contributed by atoms with Gasteiger partial charge in [0.1, 0.15) is 0 Å². The van der Waals surface area contributed by atoms with Gasteiger partial charge in [-0.3, -0.25) is 0 Å². The first kappa shape index (κ1) is 13.1. The highest BCUT2D eigenvalue weighted by atomic mass is 14.1. The maximum absolute atomic E-state index is 2.45. The molecule has 15 heavy (non-hydrogen) atoms. The van der Waals surface area contributed by atoms with Crippen molar-refractivity contribution in [2.24, 2.45) is 5.92 Å². The van der Waals surface area contributed by atoms with E-state index in [4.69, 9.17) is 0 Å². The molecule has 0 aliphatic heterocycles. The fourth-order valence-corrected chi connectivity index (χ4v) is 2.72. The molecule has 90 valence electrons. The van der Waals surface area contributed by atoms with Crippen molar-refractivity contribution in [2.75, 3.05) is 0 Å². The second-order valence-corrected chi connectivity index (χ2v) is 5.57. The minimum Gasteiger partial charge on any atom is -0.0625 e. The molecule has 1 aliphatic carbocycles. The van der Waals surface area contributed by atoms with Gasteiger partial charge >= 0.3 is 0 Å². The lowest BCUT2D eigenvalue weighted by Crippen LogP contribution is -1.95. The molecule has 0 heterocycles. The van der Waals surface area contributed by atoms with Crippen molar-refractivity contribution in [3.05, 3.63) is 0 Å². The largest absolute Gasteiger partial charge is 0.0625 e. The summed E-state index contributed by atoms with van der Waals surface area (Å²) in [6.45, 7) is 2.45. The van der Waals surface area contributed by atoms with E-state index in [2.05, 4.69) is 6.92 Å². The molecular weight excluding hydrogens is 180 g/mol. The van der Waals surface area contributed by atoms with Crippen LogP contribution in [-0.2, 0) is 0 Å². The maximum atomic E-state index is 2.45. The van der Waals surface area contributed by atoms with E-state index in [0.717, 1.165) is 5.92 Å². The second-order valence-electron chi connectivity index (χ2n) is 5.57. The predicted molar refractivity (Wildman–Crippen MR) is 69.2 cm³/mol. The summed E-state index contributed by atoms with van der Waals surface area (Å²) in [5.41, 5.74) is 0. The third-order valence-corrected chi connectivity index (χ3v) is 3.89. The third-order valence-electron chi connectivity index (χ3n) is 3.89. The van der Waals surface area contributed by atoms with Crippen LogP contribution in [0.3, 0.4) is 0 Å². The van der Waals surface area contributed by atoms with Crippen LogP contribution in [0.5, 0.6) is 0 Å². The Balaban J connectivity index is 2.10. The highest BCUT2D eigenvalue weighted by Crippen LogP contribution is 2.19. The molecule has 0 spiro atoms. The SMILES string of the molecule is CC1CCCCCCCCCCCCC1. The van der Waals surface area contributed by atoms with Gasteiger partial charge in [-0.1, -0.05) is 90.4 Å². The Morgan fingerprint density at radius 2 is 0.733 bits per heavy atom. The van der Waals surface area contributed by atoms with Crippen molar-refractivity contribution < 1.29 is 0 Å². The average molecular weight is 210 g/mol. The lowest BCUT2D eigenvalue weighted by atomic mass is 9.95. The van der Waals surface area contributed by atoms with Crippen LogP contribution in [0, 0.1) is 5.92 Å². The van der Waals surface area contributed by atoms with Gasteiger partial charge in [0.2, 0.25) is 0 Å². The summed E-state index contributed by atoms with van der Waals surface area (Å²) in [5.74, 6) is 0.993. The molecule has 0 radical (unpaired) electrons. The Morgan fingerprint density at radius 3 is 1.07 bits per heavy atom. The number of hydrogen-bond acceptors (Lipinski definition) is 0. The van der Waals surface area contributed by atoms with Crippen LogP contribution in [0.1, 0.15) is 90.4 Å². The molecule has 0 heteroatoms. The van der Waals surface area contributed by atoms with Crippen molar-refractivity contribution in [1.29, 1.82) is 0 Å². The van der Waals surface area contributed by atoms with Crippen LogP contribution >= 0.6 is 0 Å². The molecule has 0 saturated heterocycles. The highest BCUT2D eigenvalue weighted by molar-refractivity contribution is 4.56. The van der Waals surface area contributed by atoms with Gasteiger partial charge in [-0.2, -0.15) is 0 Å². The van der Waals surface area contributed by atoms with Crippen molar-refractivity contribution in [2.45, 2.75) is 90.4 Å². The highest BCUT2D eigenvalue weighted by Gasteiger charge is 2.02. The van der Waals surface area contributed by atoms with Crippen molar-refractivity contribution in [1.82, 2.24) is 0 Å². The summed E-state index contributed by atoms with van der Waals surface area (Å²) in [7, 11) is 0. The Morgan fingerprint density at radius 1 is 0.467 bits per heavy atom. The Hall–Kier alpha value is 0. The molecule has 1 aliphatic rings. The summed E-state index contributed by atoms with van der Waals surface area (Å²) in [6, 6.07) is 0. The molecule has 1 fully saturated rings. The van der Waals surface area contributed by atoms with Gasteiger partial charge in [0.05, 0.1) is 0 Å². The van der Waals surface area contributed by atoms with Gasteiger partial charge in [-0.15, -0.1) is 0 Å². The summed E-state index contributed by atoms with van der Waals surface area (Å²) in [4.78, 5) is 0. The minimum atomic E-state index is 0.993. The van der Waals surface area contributed by atoms with Crippen LogP contribution < -0.4 is 0 Å². The molecule has 0 nitrogen and oxygen atoms in total. The quantitative estimate of drug-likeness (QED) is 0.480. The summed E-state index contributed by atoms with van der Waals surface area (Å²) in [6.07, 6.45) is 19.4. The lowest BCUT2D eigenvalue weighted by Gasteiger charge is -2.11. The topological polar surface area (TPSA) is 0 Å². The van der Waals surface area contributed by atoms with E-state index < -0.39 is 0 Å². The molecule has 0 atom stereocenters. The molecule has 0 N–H and O–H groups in total. The van der Waals surface area contributed by atoms with Gasteiger partial charge < -0.3 is 0 Å². The molecule has 1 rings (SSSR count). The Kier molecular flexibility index (Phi) is 8.05. The van der Waals surface area contributed by atoms with E-state index >= 15 is 0 Å². The van der Waals surface area contributed by atoms with E-state index in [0.29, 0.717) is 0 Å². The van der Waals surface area contributed by atoms with Gasteiger partial charge in [0.15, 0.2) is 0 Å². The van der Waals surface area contributed by atoms with Crippen LogP contribution in [0.2, 0.25) is 0 Å². The average Bonchev–Trinajstić information content (AvgIpc) is 2.24. The summed E-state index contributed by atoms with van der Waals surface area (Å²) in [5, 5.41) is 0. The van der Waals surface area contributed by atoms with E-state index in [-0.39, 0.29) is 0 Å².